The summed E-state index contributed by atoms with van der Waals surface area (Å²) < 4.78 is 6.43. The van der Waals surface area contributed by atoms with E-state index in [1.165, 1.54) is 36.5 Å². The Morgan fingerprint density at radius 3 is 2.21 bits per heavy atom. The first kappa shape index (κ1) is 12.0. The van der Waals surface area contributed by atoms with Crippen LogP contribution in [0.1, 0.15) is 40.5 Å². The van der Waals surface area contributed by atoms with E-state index in [-0.39, 0.29) is 0 Å². The lowest BCUT2D eigenvalue weighted by Crippen LogP contribution is -2.39. The van der Waals surface area contributed by atoms with Gasteiger partial charge in [-0.2, -0.15) is 0 Å². The van der Waals surface area contributed by atoms with Gasteiger partial charge < -0.3 is 4.43 Å². The van der Waals surface area contributed by atoms with Gasteiger partial charge in [-0.1, -0.05) is 26.8 Å². The van der Waals surface area contributed by atoms with E-state index in [4.69, 9.17) is 4.43 Å². The predicted molar refractivity (Wildman–Crippen MR) is 65.1 cm³/mol. The van der Waals surface area contributed by atoms with Crippen LogP contribution in [-0.2, 0) is 4.43 Å². The molecule has 0 aliphatic heterocycles. The fourth-order valence-corrected chi connectivity index (χ4v) is 5.18. The van der Waals surface area contributed by atoms with Gasteiger partial charge in [-0.3, -0.25) is 0 Å². The summed E-state index contributed by atoms with van der Waals surface area (Å²) in [7, 11) is -1.37. The monoisotopic (exact) mass is 212 g/mol. The summed E-state index contributed by atoms with van der Waals surface area (Å²) in [5, 5.41) is 0. The molecule has 0 saturated heterocycles. The maximum Gasteiger partial charge on any atom is 0.192 e. The first-order valence-corrected chi connectivity index (χ1v) is 8.55. The van der Waals surface area contributed by atoms with E-state index in [9.17, 15) is 0 Å². The Balaban J connectivity index is 2.59. The van der Waals surface area contributed by atoms with E-state index < -0.39 is 8.32 Å². The van der Waals surface area contributed by atoms with Gasteiger partial charge in [0.15, 0.2) is 8.32 Å². The second-order valence-electron chi connectivity index (χ2n) is 4.38. The highest BCUT2D eigenvalue weighted by Gasteiger charge is 2.33. The molecule has 0 unspecified atom stereocenters. The Morgan fingerprint density at radius 1 is 1.29 bits per heavy atom. The quantitative estimate of drug-likeness (QED) is 0.492. The first-order valence-electron chi connectivity index (χ1n) is 6.02. The zero-order valence-corrected chi connectivity index (χ0v) is 11.1. The van der Waals surface area contributed by atoms with Crippen molar-refractivity contribution < 1.29 is 4.43 Å². The number of hydrogen-bond donors (Lipinski definition) is 0. The molecular formula is C12H24OSi. The van der Waals surface area contributed by atoms with Gasteiger partial charge in [0, 0.05) is 0 Å². The van der Waals surface area contributed by atoms with Crippen molar-refractivity contribution in [3.8, 4) is 0 Å². The van der Waals surface area contributed by atoms with Crippen LogP contribution in [-0.4, -0.2) is 14.4 Å². The van der Waals surface area contributed by atoms with Gasteiger partial charge >= 0.3 is 0 Å². The molecule has 0 saturated carbocycles. The Labute approximate surface area is 89.7 Å². The molecule has 1 rings (SSSR count). The highest BCUT2D eigenvalue weighted by molar-refractivity contribution is 6.73. The summed E-state index contributed by atoms with van der Waals surface area (Å²) >= 11 is 0. The molecule has 1 nitrogen and oxygen atoms in total. The van der Waals surface area contributed by atoms with Crippen LogP contribution in [0.15, 0.2) is 11.6 Å². The van der Waals surface area contributed by atoms with Crippen molar-refractivity contribution in [2.75, 3.05) is 0 Å². The van der Waals surface area contributed by atoms with E-state index in [1.807, 2.05) is 0 Å². The van der Waals surface area contributed by atoms with Gasteiger partial charge in [-0.25, -0.2) is 0 Å². The van der Waals surface area contributed by atoms with E-state index >= 15 is 0 Å². The van der Waals surface area contributed by atoms with Crippen LogP contribution in [0.4, 0.5) is 0 Å². The first-order chi connectivity index (χ1) is 6.67. The average Bonchev–Trinajstić information content (AvgIpc) is 2.61. The van der Waals surface area contributed by atoms with E-state index in [2.05, 4.69) is 33.8 Å². The van der Waals surface area contributed by atoms with Crippen molar-refractivity contribution in [2.24, 2.45) is 0 Å². The van der Waals surface area contributed by atoms with Crippen molar-refractivity contribution in [1.82, 2.24) is 0 Å². The Kier molecular flexibility index (Phi) is 4.39. The van der Waals surface area contributed by atoms with Crippen molar-refractivity contribution in [3.63, 3.8) is 0 Å². The number of rotatable bonds is 5. The fraction of sp³-hybridized carbons (Fsp3) is 0.833. The zero-order valence-electron chi connectivity index (χ0n) is 10.1. The van der Waals surface area contributed by atoms with Crippen molar-refractivity contribution >= 4 is 8.32 Å². The lowest BCUT2D eigenvalue weighted by molar-refractivity contribution is 0.221. The molecule has 0 aromatic carbocycles. The molecule has 1 atom stereocenters. The van der Waals surface area contributed by atoms with Crippen LogP contribution in [0.25, 0.3) is 0 Å². The van der Waals surface area contributed by atoms with E-state index in [1.54, 1.807) is 0 Å². The summed E-state index contributed by atoms with van der Waals surface area (Å²) in [5.41, 5.74) is 1.47. The minimum absolute atomic E-state index is 0.460. The van der Waals surface area contributed by atoms with Gasteiger partial charge in [-0.05, 0) is 43.5 Å². The average molecular weight is 212 g/mol. The second-order valence-corrected chi connectivity index (χ2v) is 9.10. The Morgan fingerprint density at radius 2 is 1.86 bits per heavy atom. The summed E-state index contributed by atoms with van der Waals surface area (Å²) in [6, 6.07) is 3.80. The SMILES string of the molecule is CC[Si](CC)(CC)O[C@@H]1CCC=C1C. The van der Waals surface area contributed by atoms with E-state index in [0.29, 0.717) is 6.10 Å². The molecule has 0 aromatic rings. The molecule has 14 heavy (non-hydrogen) atoms. The molecule has 82 valence electrons. The van der Waals surface area contributed by atoms with Gasteiger partial charge in [-0.15, -0.1) is 0 Å². The maximum absolute atomic E-state index is 6.43. The van der Waals surface area contributed by atoms with Crippen molar-refractivity contribution in [1.29, 1.82) is 0 Å². The third-order valence-electron chi connectivity index (χ3n) is 3.73. The topological polar surface area (TPSA) is 9.23 Å². The Hall–Kier alpha value is -0.0831. The predicted octanol–water partition coefficient (Wildman–Crippen LogP) is 4.12. The minimum atomic E-state index is -1.37. The molecule has 0 amide bonds. The standard InChI is InChI=1S/C12H24OSi/c1-5-14(6-2,7-3)13-12-10-8-9-11(12)4/h9,12H,5-8,10H2,1-4H3/t12-/m1/s1. The lowest BCUT2D eigenvalue weighted by Gasteiger charge is -2.32. The third-order valence-corrected chi connectivity index (χ3v) is 8.38. The highest BCUT2D eigenvalue weighted by Crippen LogP contribution is 2.30. The van der Waals surface area contributed by atoms with Gasteiger partial charge in [0.05, 0.1) is 6.10 Å². The smallest absolute Gasteiger partial charge is 0.192 e. The molecule has 0 bridgehead atoms. The molecular weight excluding hydrogens is 188 g/mol. The molecule has 0 spiro atoms. The zero-order chi connectivity index (χ0) is 10.6. The second kappa shape index (κ2) is 5.13. The molecule has 2 heteroatoms. The molecule has 1 aliphatic rings. The van der Waals surface area contributed by atoms with Crippen molar-refractivity contribution in [3.05, 3.63) is 11.6 Å². The largest absolute Gasteiger partial charge is 0.410 e. The van der Waals surface area contributed by atoms with Crippen LogP contribution in [0.5, 0.6) is 0 Å². The van der Waals surface area contributed by atoms with Crippen LogP contribution in [0.2, 0.25) is 18.1 Å². The number of allylic oxidation sites excluding steroid dienone is 1. The minimum Gasteiger partial charge on any atom is -0.410 e. The fourth-order valence-electron chi connectivity index (χ4n) is 2.28. The maximum atomic E-state index is 6.43. The van der Waals surface area contributed by atoms with Crippen LogP contribution < -0.4 is 0 Å². The normalized spacial score (nSPS) is 22.6. The Bertz CT molecular complexity index is 198. The van der Waals surface area contributed by atoms with Crippen LogP contribution in [0, 0.1) is 0 Å². The summed E-state index contributed by atoms with van der Waals surface area (Å²) in [6.07, 6.45) is 5.24. The van der Waals surface area contributed by atoms with Crippen molar-refractivity contribution in [2.45, 2.75) is 64.8 Å². The molecule has 1 aliphatic carbocycles. The van der Waals surface area contributed by atoms with Gasteiger partial charge in [0.1, 0.15) is 0 Å². The molecule has 0 radical (unpaired) electrons. The summed E-state index contributed by atoms with van der Waals surface area (Å²) in [4.78, 5) is 0. The van der Waals surface area contributed by atoms with Gasteiger partial charge in [0.2, 0.25) is 0 Å². The molecule has 0 aromatic heterocycles. The molecule has 0 N–H and O–H groups in total. The third kappa shape index (κ3) is 2.48. The molecule has 0 fully saturated rings. The summed E-state index contributed by atoms with van der Waals surface area (Å²) in [5.74, 6) is 0. The summed E-state index contributed by atoms with van der Waals surface area (Å²) in [6.45, 7) is 9.12. The van der Waals surface area contributed by atoms with Crippen LogP contribution in [0.3, 0.4) is 0 Å². The lowest BCUT2D eigenvalue weighted by atomic mass is 10.2. The highest BCUT2D eigenvalue weighted by atomic mass is 28.4. The van der Waals surface area contributed by atoms with Crippen LogP contribution >= 0.6 is 0 Å². The number of hydrogen-bond acceptors (Lipinski definition) is 1. The van der Waals surface area contributed by atoms with E-state index in [0.717, 1.165) is 0 Å². The van der Waals surface area contributed by atoms with Gasteiger partial charge in [0.25, 0.3) is 0 Å². The molecule has 0 heterocycles.